The zero-order valence-corrected chi connectivity index (χ0v) is 19.6. The van der Waals surface area contributed by atoms with Gasteiger partial charge in [0, 0.05) is 24.0 Å². The number of hydrogen-bond donors (Lipinski definition) is 1. The molecule has 2 spiro atoms. The first-order chi connectivity index (χ1) is 14.1. The number of fused-ring (bicyclic) bond motifs is 2. The molecular weight excluding hydrogens is 372 g/mol. The van der Waals surface area contributed by atoms with Crippen molar-refractivity contribution in [2.24, 2.45) is 22.7 Å². The molecule has 1 aromatic carbocycles. The van der Waals surface area contributed by atoms with Gasteiger partial charge in [-0.25, -0.2) is 0 Å². The Bertz CT molecular complexity index is 927. The zero-order valence-electron chi connectivity index (χ0n) is 19.6. The molecule has 4 bridgehead atoms. The Balaban J connectivity index is 1.65. The summed E-state index contributed by atoms with van der Waals surface area (Å²) in [5, 5.41) is 12.0. The predicted molar refractivity (Wildman–Crippen MR) is 118 cm³/mol. The van der Waals surface area contributed by atoms with E-state index < -0.39 is 11.2 Å². The second-order valence-electron chi connectivity index (χ2n) is 12.5. The van der Waals surface area contributed by atoms with Gasteiger partial charge in [0.05, 0.1) is 5.60 Å². The molecule has 0 saturated heterocycles. The normalized spacial score (nSPS) is 45.0. The molecule has 7 rings (SSSR count). The fourth-order valence-corrected chi connectivity index (χ4v) is 9.12. The lowest BCUT2D eigenvalue weighted by atomic mass is 9.31. The van der Waals surface area contributed by atoms with Crippen LogP contribution in [-0.2, 0) is 16.6 Å². The van der Waals surface area contributed by atoms with E-state index in [1.165, 1.54) is 43.2 Å². The van der Waals surface area contributed by atoms with E-state index in [2.05, 4.69) is 46.8 Å². The van der Waals surface area contributed by atoms with Crippen LogP contribution in [-0.4, -0.2) is 29.5 Å². The van der Waals surface area contributed by atoms with E-state index in [0.717, 1.165) is 18.6 Å². The van der Waals surface area contributed by atoms with Crippen LogP contribution in [0.25, 0.3) is 0 Å². The number of benzene rings is 1. The summed E-state index contributed by atoms with van der Waals surface area (Å²) in [7, 11) is 1.88. The molecule has 3 nitrogen and oxygen atoms in total. The second kappa shape index (κ2) is 5.46. The maximum Gasteiger partial charge on any atom is 0.138 e. The van der Waals surface area contributed by atoms with Gasteiger partial charge in [0.2, 0.25) is 0 Å². The summed E-state index contributed by atoms with van der Waals surface area (Å²) < 4.78 is 13.6. The van der Waals surface area contributed by atoms with Crippen molar-refractivity contribution >= 4 is 0 Å². The highest BCUT2D eigenvalue weighted by molar-refractivity contribution is 5.60. The maximum atomic E-state index is 12.0. The van der Waals surface area contributed by atoms with Crippen LogP contribution < -0.4 is 4.74 Å². The molecule has 164 valence electrons. The van der Waals surface area contributed by atoms with E-state index in [-0.39, 0.29) is 28.3 Å². The van der Waals surface area contributed by atoms with Gasteiger partial charge in [-0.15, -0.1) is 0 Å². The van der Waals surface area contributed by atoms with Gasteiger partial charge in [-0.2, -0.15) is 0 Å². The molecule has 1 aliphatic heterocycles. The number of aryl methyl sites for hydroxylation is 1. The van der Waals surface area contributed by atoms with Crippen molar-refractivity contribution in [1.82, 2.24) is 0 Å². The average molecular weight is 411 g/mol. The summed E-state index contributed by atoms with van der Waals surface area (Å²) in [4.78, 5) is 0. The molecule has 7 unspecified atom stereocenters. The van der Waals surface area contributed by atoms with Crippen molar-refractivity contribution in [1.29, 1.82) is 0 Å². The minimum absolute atomic E-state index is 0.0225. The Morgan fingerprint density at radius 3 is 2.60 bits per heavy atom. The monoisotopic (exact) mass is 410 g/mol. The Labute approximate surface area is 181 Å². The van der Waals surface area contributed by atoms with Gasteiger partial charge in [-0.3, -0.25) is 0 Å². The lowest BCUT2D eigenvalue weighted by Crippen LogP contribution is -2.80. The Morgan fingerprint density at radius 1 is 1.13 bits per heavy atom. The van der Waals surface area contributed by atoms with Gasteiger partial charge in [-0.05, 0) is 80.2 Å². The third-order valence-corrected chi connectivity index (χ3v) is 11.0. The molecule has 4 fully saturated rings. The van der Waals surface area contributed by atoms with Crippen LogP contribution in [0.3, 0.4) is 0 Å². The van der Waals surface area contributed by atoms with Crippen LogP contribution in [0.1, 0.15) is 82.9 Å². The number of ether oxygens (including phenoxy) is 2. The molecule has 5 aliphatic carbocycles. The van der Waals surface area contributed by atoms with E-state index in [0.29, 0.717) is 5.92 Å². The predicted octanol–water partition coefficient (Wildman–Crippen LogP) is 5.33. The number of rotatable bonds is 2. The fourth-order valence-electron chi connectivity index (χ4n) is 9.12. The second-order valence-corrected chi connectivity index (χ2v) is 12.5. The van der Waals surface area contributed by atoms with Crippen molar-refractivity contribution in [2.45, 2.75) is 102 Å². The highest BCUT2D eigenvalue weighted by Crippen LogP contribution is 2.79. The lowest BCUT2D eigenvalue weighted by Gasteiger charge is -2.74. The maximum absolute atomic E-state index is 12.0. The molecule has 6 aliphatic rings. The van der Waals surface area contributed by atoms with Gasteiger partial charge < -0.3 is 14.6 Å². The molecule has 30 heavy (non-hydrogen) atoms. The van der Waals surface area contributed by atoms with Crippen LogP contribution in [0.2, 0.25) is 0 Å². The Morgan fingerprint density at radius 2 is 1.90 bits per heavy atom. The largest absolute Gasteiger partial charge is 0.486 e. The molecule has 0 aromatic heterocycles. The summed E-state index contributed by atoms with van der Waals surface area (Å²) in [6.07, 6.45) is 8.33. The van der Waals surface area contributed by atoms with Crippen molar-refractivity contribution < 1.29 is 14.6 Å². The Hall–Kier alpha value is -1.06. The van der Waals surface area contributed by atoms with Crippen LogP contribution in [0, 0.1) is 29.6 Å². The third kappa shape index (κ3) is 1.81. The summed E-state index contributed by atoms with van der Waals surface area (Å²) in [5.41, 5.74) is 3.18. The summed E-state index contributed by atoms with van der Waals surface area (Å²) in [5.74, 6) is 1.94. The minimum atomic E-state index is -0.820. The van der Waals surface area contributed by atoms with Crippen LogP contribution in [0.4, 0.5) is 0 Å². The van der Waals surface area contributed by atoms with Crippen molar-refractivity contribution in [3.8, 4) is 5.75 Å². The quantitative estimate of drug-likeness (QED) is 0.716. The van der Waals surface area contributed by atoms with Crippen LogP contribution >= 0.6 is 0 Å². The highest BCUT2D eigenvalue weighted by atomic mass is 16.6. The first-order valence-electron chi connectivity index (χ1n) is 12.1. The molecule has 4 saturated carbocycles. The van der Waals surface area contributed by atoms with Crippen molar-refractivity contribution in [3.05, 3.63) is 28.8 Å². The van der Waals surface area contributed by atoms with Gasteiger partial charge in [0.15, 0.2) is 0 Å². The van der Waals surface area contributed by atoms with Gasteiger partial charge in [-0.1, -0.05) is 39.3 Å². The standard InChI is InChI=1S/C27H38O3/c1-16-9-10-17-14-18-8-7-11-26-20(17)21(16)30-22(26)27(29-6)13-12-25(18,26)15-19(27)24(5,28)23(2,3)4/h9-10,18-19,22,28H,7-8,11-15H2,1-6H3. The minimum Gasteiger partial charge on any atom is -0.486 e. The summed E-state index contributed by atoms with van der Waals surface area (Å²) in [6.45, 7) is 10.8. The molecule has 1 N–H and O–H groups in total. The molecule has 0 radical (unpaired) electrons. The van der Waals surface area contributed by atoms with Crippen LogP contribution in [0.15, 0.2) is 12.1 Å². The van der Waals surface area contributed by atoms with Gasteiger partial charge in [0.1, 0.15) is 17.5 Å². The number of hydrogen-bond acceptors (Lipinski definition) is 3. The zero-order chi connectivity index (χ0) is 21.3. The molecule has 3 heteroatoms. The van der Waals surface area contributed by atoms with Crippen molar-refractivity contribution in [3.63, 3.8) is 0 Å². The van der Waals surface area contributed by atoms with Gasteiger partial charge >= 0.3 is 0 Å². The topological polar surface area (TPSA) is 38.7 Å². The summed E-state index contributed by atoms with van der Waals surface area (Å²) in [6, 6.07) is 4.65. The molecule has 1 aromatic rings. The Kier molecular flexibility index (Phi) is 3.57. The van der Waals surface area contributed by atoms with E-state index in [1.54, 1.807) is 5.56 Å². The molecule has 1 heterocycles. The highest BCUT2D eigenvalue weighted by Gasteiger charge is 2.81. The SMILES string of the molecule is COC12CCC3(CC1C(C)(O)C(C)(C)C)C1CCCC34c3c(ccc(C)c3OC24)C1. The van der Waals surface area contributed by atoms with Gasteiger partial charge in [0.25, 0.3) is 0 Å². The average Bonchev–Trinajstić information content (AvgIpc) is 3.05. The first kappa shape index (κ1) is 19.6. The van der Waals surface area contributed by atoms with E-state index in [1.807, 2.05) is 7.11 Å². The summed E-state index contributed by atoms with van der Waals surface area (Å²) >= 11 is 0. The third-order valence-electron chi connectivity index (χ3n) is 11.0. The van der Waals surface area contributed by atoms with E-state index >= 15 is 0 Å². The van der Waals surface area contributed by atoms with E-state index in [4.69, 9.17) is 9.47 Å². The fraction of sp³-hybridized carbons (Fsp3) is 0.778. The lowest BCUT2D eigenvalue weighted by molar-refractivity contribution is -0.309. The molecule has 7 atom stereocenters. The number of methoxy groups -OCH3 is 1. The van der Waals surface area contributed by atoms with E-state index in [9.17, 15) is 5.11 Å². The molecular formula is C27H38O3. The van der Waals surface area contributed by atoms with Crippen LogP contribution in [0.5, 0.6) is 5.75 Å². The smallest absolute Gasteiger partial charge is 0.138 e. The molecule has 0 amide bonds. The first-order valence-corrected chi connectivity index (χ1v) is 12.1. The number of aliphatic hydroxyl groups is 1. The van der Waals surface area contributed by atoms with Crippen molar-refractivity contribution in [2.75, 3.05) is 7.11 Å².